The predicted octanol–water partition coefficient (Wildman–Crippen LogP) is 11.1. The minimum atomic E-state index is -0.0486. The Kier molecular flexibility index (Phi) is 24.2. The van der Waals surface area contributed by atoms with Crippen molar-refractivity contribution >= 4 is 152 Å². The van der Waals surface area contributed by atoms with Gasteiger partial charge in [-0.3, -0.25) is 28.8 Å². The van der Waals surface area contributed by atoms with Gasteiger partial charge in [-0.25, -0.2) is 15.0 Å². The van der Waals surface area contributed by atoms with Crippen LogP contribution in [0.15, 0.2) is 172 Å². The van der Waals surface area contributed by atoms with Crippen molar-refractivity contribution in [1.29, 1.82) is 0 Å². The Morgan fingerprint density at radius 1 is 0.440 bits per heavy atom. The van der Waals surface area contributed by atoms with E-state index in [1.54, 1.807) is 93.0 Å². The molecule has 564 valence electrons. The number of amides is 2. The lowest BCUT2D eigenvalue weighted by Crippen LogP contribution is -2.36. The maximum Gasteiger partial charge on any atom is 0.241 e. The summed E-state index contributed by atoms with van der Waals surface area (Å²) in [6.07, 6.45) is 5.43. The second-order valence-corrected chi connectivity index (χ2v) is 28.6. The van der Waals surface area contributed by atoms with Gasteiger partial charge in [0.1, 0.15) is 31.6 Å². The summed E-state index contributed by atoms with van der Waals surface area (Å²) in [4.78, 5) is 113. The van der Waals surface area contributed by atoms with Crippen molar-refractivity contribution in [3.05, 3.63) is 175 Å². The number of Topliss-reactive ketones (excluding diaryl/α,β-unsaturated/α-hetero) is 1. The Morgan fingerprint density at radius 3 is 1.13 bits per heavy atom. The molecule has 0 radical (unpaired) electrons. The van der Waals surface area contributed by atoms with Gasteiger partial charge in [-0.2, -0.15) is 15.0 Å². The summed E-state index contributed by atoms with van der Waals surface area (Å²) in [5.41, 5.74) is 9.60. The second kappa shape index (κ2) is 34.9. The van der Waals surface area contributed by atoms with E-state index < -0.39 is 0 Å². The molecule has 15 rings (SSSR count). The zero-order valence-corrected chi connectivity index (χ0v) is 63.6. The lowest BCUT2D eigenvalue weighted by atomic mass is 10.1. The van der Waals surface area contributed by atoms with Crippen molar-refractivity contribution < 1.29 is 41.8 Å². The highest BCUT2D eigenvalue weighted by atomic mass is 32.1. The topological polar surface area (TPSA) is 318 Å². The number of carbonyl (C=O) groups is 3. The second-order valence-electron chi connectivity index (χ2n) is 26.0. The number of likely N-dealkylation sites (N-methyl/N-ethyl adjacent to an activating group) is 4. The molecule has 32 heteroatoms. The number of anilines is 12. The van der Waals surface area contributed by atoms with E-state index in [0.717, 1.165) is 50.4 Å². The van der Waals surface area contributed by atoms with E-state index >= 15 is 0 Å². The number of fused-ring (bicyclic) bond motifs is 3. The summed E-state index contributed by atoms with van der Waals surface area (Å²) in [5.74, 6) is 4.96. The van der Waals surface area contributed by atoms with Crippen molar-refractivity contribution in [1.82, 2.24) is 39.7 Å². The summed E-state index contributed by atoms with van der Waals surface area (Å²) in [6.45, 7) is 10.4. The lowest BCUT2D eigenvalue weighted by Gasteiger charge is -2.27. The number of thiophene rings is 3. The Bertz CT molecular complexity index is 5360. The normalized spacial score (nSPS) is 13.6. The van der Waals surface area contributed by atoms with Gasteiger partial charge < -0.3 is 83.0 Å². The van der Waals surface area contributed by atoms with Gasteiger partial charge in [-0.05, 0) is 71.3 Å². The Morgan fingerprint density at radius 2 is 0.780 bits per heavy atom. The summed E-state index contributed by atoms with van der Waals surface area (Å²) in [5, 5.41) is 18.5. The Labute approximate surface area is 638 Å². The average molecular weight is 1530 g/mol. The number of aromatic nitrogens is 6. The lowest BCUT2D eigenvalue weighted by molar-refractivity contribution is -0.127. The van der Waals surface area contributed by atoms with Crippen LogP contribution < -0.4 is 62.1 Å². The number of hydrogen-bond acceptors (Lipinski definition) is 30. The molecule has 29 nitrogen and oxygen atoms in total. The first-order valence-electron chi connectivity index (χ1n) is 35.2. The van der Waals surface area contributed by atoms with E-state index in [-0.39, 0.29) is 47.0 Å². The van der Waals surface area contributed by atoms with Crippen LogP contribution in [0.2, 0.25) is 0 Å². The van der Waals surface area contributed by atoms with Crippen LogP contribution in [0.5, 0.6) is 0 Å². The SMILES string of the molecule is CCC(=O)CN(C)c1ccnc(Nc2ccc(-c3csc4c(=O)cc(N5CCOCC5)oc34)cc2)n1.CN(C)C(=O)CN(C)c1ccnc(Nc2ccc(-c3csc4c(=O)cc(N5CCOCC5)oc34)cc2)n1.CN(C)C(=O)CNc1ccnc(Nc2ccc(-c3csc4c(=O)cc(N5CCOCC5)oc34)cc2)n1. The average Bonchev–Trinajstić information content (AvgIpc) is 1.66. The van der Waals surface area contributed by atoms with Gasteiger partial charge in [-0.1, -0.05) is 43.3 Å². The summed E-state index contributed by atoms with van der Waals surface area (Å²) >= 11 is 4.17. The van der Waals surface area contributed by atoms with E-state index in [2.05, 4.69) is 51.2 Å². The molecule has 3 aliphatic heterocycles. The molecule has 12 aromatic rings. The molecule has 3 fully saturated rings. The van der Waals surface area contributed by atoms with Crippen molar-refractivity contribution in [2.45, 2.75) is 13.3 Å². The summed E-state index contributed by atoms with van der Waals surface area (Å²) < 4.78 is 36.7. The quantitative estimate of drug-likeness (QED) is 0.0490. The number of morpholine rings is 3. The van der Waals surface area contributed by atoms with Crippen molar-refractivity contribution in [3.63, 3.8) is 0 Å². The number of benzene rings is 3. The third kappa shape index (κ3) is 18.7. The first kappa shape index (κ1) is 75.6. The van der Waals surface area contributed by atoms with E-state index in [4.69, 9.17) is 27.5 Å². The fourth-order valence-corrected chi connectivity index (χ4v) is 14.5. The molecule has 0 spiro atoms. The fourth-order valence-electron chi connectivity index (χ4n) is 11.8. The van der Waals surface area contributed by atoms with Crippen LogP contribution in [0, 0.1) is 0 Å². The molecule has 3 aromatic carbocycles. The standard InChI is InChI=1S/C26H28N6O4S.C26H27N5O4S.C25H26N6O4S/c1-30(2)22(34)15-31(3)21-8-9-27-26(29-21)28-18-6-4-17(5-7-18)19-16-37-25-20(33)14-23(36-24(19)25)32-10-12-35-13-11-32;1-3-19(32)15-30(2)22-8-9-27-26(29-22)28-18-6-4-17(5-7-18)20-16-36-25-21(33)14-23(35-24(20)25)31-10-12-34-13-11-31;1-30(2)21(33)14-27-20-7-8-26-25(29-20)28-17-5-3-16(4-6-17)18-15-36-24-19(32)13-22(35-23(18)24)31-9-11-34-12-10-31/h4-9,14,16H,10-13,15H2,1-3H3,(H,27,28,29);4-9,14,16H,3,10-13,15H2,1-2H3,(H,27,28,29);3-8,13,15H,9-12,14H2,1-2H3,(H2,26,27,28,29). The molecular formula is C77H81N17O12S3. The molecule has 9 aromatic heterocycles. The number of nitrogens with zero attached hydrogens (tertiary/aromatic N) is 13. The minimum Gasteiger partial charge on any atom is -0.439 e. The number of hydrogen-bond donors (Lipinski definition) is 4. The molecule has 0 saturated carbocycles. The first-order chi connectivity index (χ1) is 52.9. The van der Waals surface area contributed by atoms with Gasteiger partial charge in [0, 0.05) is 175 Å². The van der Waals surface area contributed by atoms with E-state index in [0.29, 0.717) is 176 Å². The molecule has 109 heavy (non-hydrogen) atoms. The van der Waals surface area contributed by atoms with Gasteiger partial charge in [0.2, 0.25) is 45.9 Å². The van der Waals surface area contributed by atoms with Crippen LogP contribution >= 0.6 is 34.0 Å². The first-order valence-corrected chi connectivity index (χ1v) is 37.9. The Hall–Kier alpha value is -11.7. The molecular weight excluding hydrogens is 1450 g/mol. The largest absolute Gasteiger partial charge is 0.439 e. The molecule has 0 aliphatic carbocycles. The highest BCUT2D eigenvalue weighted by molar-refractivity contribution is 7.18. The van der Waals surface area contributed by atoms with Gasteiger partial charge in [0.05, 0.1) is 59.3 Å². The molecule has 12 heterocycles. The number of carbonyl (C=O) groups excluding carboxylic acids is 3. The summed E-state index contributed by atoms with van der Waals surface area (Å²) in [6, 6.07) is 33.3. The van der Waals surface area contributed by atoms with E-state index in [1.807, 2.05) is 130 Å². The minimum absolute atomic E-state index is 0.0138. The Balaban J connectivity index is 0.000000144. The molecule has 4 N–H and O–H groups in total. The van der Waals surface area contributed by atoms with E-state index in [1.165, 1.54) is 38.9 Å². The predicted molar refractivity (Wildman–Crippen MR) is 430 cm³/mol. The van der Waals surface area contributed by atoms with Gasteiger partial charge >= 0.3 is 0 Å². The van der Waals surface area contributed by atoms with Gasteiger partial charge in [-0.15, -0.1) is 34.0 Å². The number of nitrogens with one attached hydrogen (secondary N) is 4. The molecule has 0 bridgehead atoms. The zero-order chi connectivity index (χ0) is 76.1. The molecule has 0 atom stereocenters. The van der Waals surface area contributed by atoms with Crippen LogP contribution in [0.4, 0.5) is 70.0 Å². The maximum absolute atomic E-state index is 12.8. The van der Waals surface area contributed by atoms with Crippen LogP contribution in [0.3, 0.4) is 0 Å². The van der Waals surface area contributed by atoms with Crippen LogP contribution in [0.1, 0.15) is 13.3 Å². The van der Waals surface area contributed by atoms with E-state index in [9.17, 15) is 28.8 Å². The molecule has 3 saturated heterocycles. The van der Waals surface area contributed by atoms with Crippen molar-refractivity contribution in [3.8, 4) is 33.4 Å². The van der Waals surface area contributed by atoms with Gasteiger partial charge in [0.15, 0.2) is 40.2 Å². The molecule has 3 aliphatic rings. The number of ketones is 1. The van der Waals surface area contributed by atoms with Gasteiger partial charge in [0.25, 0.3) is 0 Å². The highest BCUT2D eigenvalue weighted by Crippen LogP contribution is 2.39. The highest BCUT2D eigenvalue weighted by Gasteiger charge is 2.24. The van der Waals surface area contributed by atoms with Crippen molar-refractivity contribution in [2.75, 3.05) is 187 Å². The van der Waals surface area contributed by atoms with Crippen LogP contribution in [-0.4, -0.2) is 198 Å². The third-order valence-corrected chi connectivity index (χ3v) is 20.9. The van der Waals surface area contributed by atoms with Crippen LogP contribution in [-0.2, 0) is 28.6 Å². The number of rotatable bonds is 22. The third-order valence-electron chi connectivity index (χ3n) is 17.9. The zero-order valence-electron chi connectivity index (χ0n) is 61.1. The monoisotopic (exact) mass is 1530 g/mol. The fraction of sp³-hybridized carbons (Fsp3) is 0.299. The smallest absolute Gasteiger partial charge is 0.241 e. The maximum atomic E-state index is 12.8. The molecule has 0 unspecified atom stereocenters. The number of ether oxygens (including phenoxy) is 3. The summed E-state index contributed by atoms with van der Waals surface area (Å²) in [7, 11) is 10.5. The van der Waals surface area contributed by atoms with Crippen LogP contribution in [0.25, 0.3) is 64.2 Å². The molecule has 2 amide bonds. The van der Waals surface area contributed by atoms with Crippen molar-refractivity contribution in [2.24, 2.45) is 0 Å².